The molecule has 2 aromatic rings. The SMILES string of the molecule is CCCCN(C(=O)COC(=O)c1cc(-c2ccc(Br)cc2)n[nH]1)C1CCS(=O)(=O)C1. The van der Waals surface area contributed by atoms with Gasteiger partial charge in [-0.1, -0.05) is 41.4 Å². The molecule has 0 spiro atoms. The molecular formula is C20H24BrN3O5S. The van der Waals surface area contributed by atoms with Crippen LogP contribution in [-0.4, -0.2) is 66.1 Å². The van der Waals surface area contributed by atoms with Crippen LogP contribution in [0.2, 0.25) is 0 Å². The number of rotatable bonds is 8. The van der Waals surface area contributed by atoms with Gasteiger partial charge < -0.3 is 9.64 Å². The van der Waals surface area contributed by atoms with Gasteiger partial charge in [0.1, 0.15) is 5.69 Å². The van der Waals surface area contributed by atoms with Crippen molar-refractivity contribution in [3.63, 3.8) is 0 Å². The van der Waals surface area contributed by atoms with Crippen LogP contribution in [0.15, 0.2) is 34.8 Å². The number of benzene rings is 1. The topological polar surface area (TPSA) is 109 Å². The molecule has 1 fully saturated rings. The molecule has 0 radical (unpaired) electrons. The van der Waals surface area contributed by atoms with Crippen LogP contribution >= 0.6 is 15.9 Å². The Bertz CT molecular complexity index is 1000. The molecule has 8 nitrogen and oxygen atoms in total. The number of hydrogen-bond donors (Lipinski definition) is 1. The number of aromatic amines is 1. The number of H-pyrrole nitrogens is 1. The van der Waals surface area contributed by atoms with E-state index in [0.717, 1.165) is 22.9 Å². The molecule has 1 amide bonds. The average Bonchev–Trinajstić information content (AvgIpc) is 3.34. The second-order valence-corrected chi connectivity index (χ2v) is 10.4. The predicted octanol–water partition coefficient (Wildman–Crippen LogP) is 2.81. The lowest BCUT2D eigenvalue weighted by Crippen LogP contribution is -2.43. The molecular weight excluding hydrogens is 474 g/mol. The van der Waals surface area contributed by atoms with Crippen LogP contribution in [0.25, 0.3) is 11.3 Å². The molecule has 1 aliphatic heterocycles. The second-order valence-electron chi connectivity index (χ2n) is 7.25. The number of aromatic nitrogens is 2. The molecule has 1 aromatic heterocycles. The zero-order chi connectivity index (χ0) is 21.7. The van der Waals surface area contributed by atoms with Gasteiger partial charge in [-0.15, -0.1) is 0 Å². The van der Waals surface area contributed by atoms with Crippen molar-refractivity contribution < 1.29 is 22.7 Å². The molecule has 0 aliphatic carbocycles. The van der Waals surface area contributed by atoms with Crippen molar-refractivity contribution in [3.8, 4) is 11.3 Å². The Morgan fingerprint density at radius 3 is 2.67 bits per heavy atom. The van der Waals surface area contributed by atoms with Crippen LogP contribution in [-0.2, 0) is 19.4 Å². The Kier molecular flexibility index (Phi) is 7.30. The maximum atomic E-state index is 12.7. The minimum Gasteiger partial charge on any atom is -0.451 e. The largest absolute Gasteiger partial charge is 0.451 e. The first-order valence-corrected chi connectivity index (χ1v) is 12.4. The van der Waals surface area contributed by atoms with E-state index in [2.05, 4.69) is 26.1 Å². The lowest BCUT2D eigenvalue weighted by atomic mass is 10.1. The van der Waals surface area contributed by atoms with Crippen LogP contribution < -0.4 is 0 Å². The van der Waals surface area contributed by atoms with Crippen molar-refractivity contribution in [2.45, 2.75) is 32.2 Å². The summed E-state index contributed by atoms with van der Waals surface area (Å²) in [6, 6.07) is 8.67. The number of carbonyl (C=O) groups is 2. The van der Waals surface area contributed by atoms with Gasteiger partial charge in [0.25, 0.3) is 5.91 Å². The van der Waals surface area contributed by atoms with Gasteiger partial charge in [0.05, 0.1) is 17.2 Å². The van der Waals surface area contributed by atoms with Crippen molar-refractivity contribution in [1.29, 1.82) is 0 Å². The van der Waals surface area contributed by atoms with Crippen molar-refractivity contribution in [3.05, 3.63) is 40.5 Å². The summed E-state index contributed by atoms with van der Waals surface area (Å²) in [5.74, 6) is -1.02. The molecule has 1 aromatic carbocycles. The van der Waals surface area contributed by atoms with Crippen molar-refractivity contribution in [1.82, 2.24) is 15.1 Å². The number of esters is 1. The van der Waals surface area contributed by atoms with Crippen LogP contribution in [0.5, 0.6) is 0 Å². The molecule has 3 rings (SSSR count). The van der Waals surface area contributed by atoms with Crippen LogP contribution in [0.1, 0.15) is 36.7 Å². The Morgan fingerprint density at radius 2 is 2.03 bits per heavy atom. The third-order valence-electron chi connectivity index (χ3n) is 4.99. The number of carbonyl (C=O) groups excluding carboxylic acids is 2. The number of nitrogens with zero attached hydrogens (tertiary/aromatic N) is 2. The first kappa shape index (κ1) is 22.5. The molecule has 10 heteroatoms. The van der Waals surface area contributed by atoms with E-state index in [4.69, 9.17) is 4.74 Å². The average molecular weight is 498 g/mol. The lowest BCUT2D eigenvalue weighted by Gasteiger charge is -2.28. The molecule has 0 bridgehead atoms. The van der Waals surface area contributed by atoms with Crippen LogP contribution in [0, 0.1) is 0 Å². The number of unbranched alkanes of at least 4 members (excludes halogenated alkanes) is 1. The highest BCUT2D eigenvalue weighted by atomic mass is 79.9. The minimum absolute atomic E-state index is 0.0342. The Balaban J connectivity index is 1.61. The summed E-state index contributed by atoms with van der Waals surface area (Å²) in [6.07, 6.45) is 2.05. The number of nitrogens with one attached hydrogen (secondary N) is 1. The van der Waals surface area contributed by atoms with E-state index in [-0.39, 0.29) is 29.1 Å². The fourth-order valence-corrected chi connectivity index (χ4v) is 5.34. The Morgan fingerprint density at radius 1 is 1.30 bits per heavy atom. The number of hydrogen-bond acceptors (Lipinski definition) is 6. The molecule has 1 unspecified atom stereocenters. The summed E-state index contributed by atoms with van der Waals surface area (Å²) in [5, 5.41) is 6.75. The van der Waals surface area contributed by atoms with Gasteiger partial charge in [-0.25, -0.2) is 13.2 Å². The summed E-state index contributed by atoms with van der Waals surface area (Å²) in [7, 11) is -3.12. The first-order valence-electron chi connectivity index (χ1n) is 9.77. The van der Waals surface area contributed by atoms with Crippen molar-refractivity contribution in [2.75, 3.05) is 24.7 Å². The molecule has 30 heavy (non-hydrogen) atoms. The number of sulfone groups is 1. The number of halogens is 1. The fourth-order valence-electron chi connectivity index (χ4n) is 3.34. The summed E-state index contributed by atoms with van der Waals surface area (Å²) >= 11 is 3.37. The molecule has 1 aliphatic rings. The van der Waals surface area contributed by atoms with Gasteiger partial charge in [-0.3, -0.25) is 9.89 Å². The molecule has 2 heterocycles. The summed E-state index contributed by atoms with van der Waals surface area (Å²) < 4.78 is 29.7. The highest BCUT2D eigenvalue weighted by Crippen LogP contribution is 2.21. The first-order chi connectivity index (χ1) is 14.3. The Hall–Kier alpha value is -2.20. The normalized spacial score (nSPS) is 17.6. The monoisotopic (exact) mass is 497 g/mol. The lowest BCUT2D eigenvalue weighted by molar-refractivity contribution is -0.136. The summed E-state index contributed by atoms with van der Waals surface area (Å²) in [6.45, 7) is 2.01. The van der Waals surface area contributed by atoms with Crippen molar-refractivity contribution in [2.24, 2.45) is 0 Å². The highest BCUT2D eigenvalue weighted by molar-refractivity contribution is 9.10. The predicted molar refractivity (Wildman–Crippen MR) is 116 cm³/mol. The van der Waals surface area contributed by atoms with E-state index < -0.39 is 22.4 Å². The van der Waals surface area contributed by atoms with Crippen molar-refractivity contribution >= 4 is 37.6 Å². The second kappa shape index (κ2) is 9.74. The summed E-state index contributed by atoms with van der Waals surface area (Å²) in [4.78, 5) is 26.5. The van der Waals surface area contributed by atoms with Gasteiger partial charge in [0.15, 0.2) is 16.4 Å². The summed E-state index contributed by atoms with van der Waals surface area (Å²) in [5.41, 5.74) is 1.56. The highest BCUT2D eigenvalue weighted by Gasteiger charge is 2.34. The third kappa shape index (κ3) is 5.69. The van der Waals surface area contributed by atoms with E-state index >= 15 is 0 Å². The molecule has 1 N–H and O–H groups in total. The maximum Gasteiger partial charge on any atom is 0.356 e. The smallest absolute Gasteiger partial charge is 0.356 e. The van der Waals surface area contributed by atoms with Gasteiger partial charge in [0.2, 0.25) is 0 Å². The van der Waals surface area contributed by atoms with E-state index in [1.165, 1.54) is 0 Å². The van der Waals surface area contributed by atoms with Crippen LogP contribution in [0.3, 0.4) is 0 Å². The van der Waals surface area contributed by atoms with Gasteiger partial charge in [-0.2, -0.15) is 5.10 Å². The van der Waals surface area contributed by atoms with E-state index in [1.807, 2.05) is 31.2 Å². The molecule has 0 saturated carbocycles. The molecule has 1 atom stereocenters. The molecule has 1 saturated heterocycles. The fraction of sp³-hybridized carbons (Fsp3) is 0.450. The van der Waals surface area contributed by atoms with Gasteiger partial charge in [-0.05, 0) is 31.0 Å². The minimum atomic E-state index is -3.12. The zero-order valence-electron chi connectivity index (χ0n) is 16.6. The van der Waals surface area contributed by atoms with Gasteiger partial charge in [0, 0.05) is 22.6 Å². The van der Waals surface area contributed by atoms with E-state index in [1.54, 1.807) is 11.0 Å². The number of amides is 1. The molecule has 162 valence electrons. The zero-order valence-corrected chi connectivity index (χ0v) is 19.0. The Labute approximate surface area is 184 Å². The van der Waals surface area contributed by atoms with Crippen LogP contribution in [0.4, 0.5) is 0 Å². The maximum absolute atomic E-state index is 12.7. The third-order valence-corrected chi connectivity index (χ3v) is 7.27. The van der Waals surface area contributed by atoms with E-state index in [9.17, 15) is 18.0 Å². The standard InChI is InChI=1S/C20H24BrN3O5S/c1-2-3-9-24(16-8-10-30(27,28)13-16)19(25)12-29-20(26)18-11-17(22-23-18)14-4-6-15(21)7-5-14/h4-7,11,16H,2-3,8-10,12-13H2,1H3,(H,22,23). The van der Waals surface area contributed by atoms with E-state index in [0.29, 0.717) is 18.7 Å². The quantitative estimate of drug-likeness (QED) is 0.561. The van der Waals surface area contributed by atoms with Gasteiger partial charge >= 0.3 is 5.97 Å². The number of ether oxygens (including phenoxy) is 1.